The smallest absolute Gasteiger partial charge is 0.341 e. The number of fused-ring (bicyclic) bond motifs is 1. The van der Waals surface area contributed by atoms with Crippen LogP contribution >= 0.6 is 11.3 Å². The van der Waals surface area contributed by atoms with Gasteiger partial charge in [-0.1, -0.05) is 24.3 Å². The third-order valence-corrected chi connectivity index (χ3v) is 5.59. The molecule has 0 saturated carbocycles. The van der Waals surface area contributed by atoms with Crippen molar-refractivity contribution in [3.05, 3.63) is 70.6 Å². The maximum Gasteiger partial charge on any atom is 0.341 e. The van der Waals surface area contributed by atoms with E-state index in [-0.39, 0.29) is 17.2 Å². The predicted molar refractivity (Wildman–Crippen MR) is 110 cm³/mol. The highest BCUT2D eigenvalue weighted by Gasteiger charge is 2.40. The molecule has 0 spiro atoms. The molecule has 1 aromatic heterocycles. The van der Waals surface area contributed by atoms with E-state index in [2.05, 4.69) is 0 Å². The van der Waals surface area contributed by atoms with Gasteiger partial charge in [-0.15, -0.1) is 11.3 Å². The molecule has 2 aromatic carbocycles. The molecule has 0 N–H and O–H groups in total. The molecule has 3 aromatic rings. The number of hydrogen-bond donors (Lipinski definition) is 0. The Hall–Kier alpha value is -3.45. The number of methoxy groups -OCH3 is 1. The number of hydrogen-bond acceptors (Lipinski definition) is 6. The summed E-state index contributed by atoms with van der Waals surface area (Å²) in [6, 6.07) is 13.8. The molecule has 146 valence electrons. The van der Waals surface area contributed by atoms with E-state index in [4.69, 9.17) is 9.47 Å². The minimum Gasteiger partial charge on any atom is -0.497 e. The number of ether oxygens (including phenoxy) is 2. The summed E-state index contributed by atoms with van der Waals surface area (Å²) in [6.07, 6.45) is 0. The summed E-state index contributed by atoms with van der Waals surface area (Å²) in [6.45, 7) is 1.88. The van der Waals surface area contributed by atoms with E-state index in [1.165, 1.54) is 0 Å². The zero-order valence-electron chi connectivity index (χ0n) is 15.8. The van der Waals surface area contributed by atoms with E-state index in [1.807, 2.05) is 12.1 Å². The van der Waals surface area contributed by atoms with Gasteiger partial charge < -0.3 is 9.47 Å². The van der Waals surface area contributed by atoms with Crippen molar-refractivity contribution in [2.24, 2.45) is 0 Å². The number of nitrogens with zero attached hydrogens (tertiary/aromatic N) is 1. The number of benzene rings is 2. The van der Waals surface area contributed by atoms with Gasteiger partial charge in [0.25, 0.3) is 11.8 Å². The average Bonchev–Trinajstić information content (AvgIpc) is 3.28. The molecule has 2 heterocycles. The zero-order chi connectivity index (χ0) is 20.5. The second-order valence-corrected chi connectivity index (χ2v) is 7.13. The Morgan fingerprint density at radius 2 is 1.69 bits per heavy atom. The quantitative estimate of drug-likeness (QED) is 0.463. The Balaban J connectivity index is 1.87. The number of esters is 1. The molecule has 2 amide bonds. The van der Waals surface area contributed by atoms with Crippen LogP contribution in [0.3, 0.4) is 0 Å². The van der Waals surface area contributed by atoms with Gasteiger partial charge in [0.15, 0.2) is 0 Å². The fourth-order valence-electron chi connectivity index (χ4n) is 3.29. The summed E-state index contributed by atoms with van der Waals surface area (Å²) < 4.78 is 10.5. The lowest BCUT2D eigenvalue weighted by Crippen LogP contribution is -2.30. The third kappa shape index (κ3) is 3.09. The van der Waals surface area contributed by atoms with Crippen LogP contribution in [-0.4, -0.2) is 31.5 Å². The first-order valence-corrected chi connectivity index (χ1v) is 9.85. The van der Waals surface area contributed by atoms with Crippen LogP contribution in [0.5, 0.6) is 5.75 Å². The number of rotatable bonds is 5. The van der Waals surface area contributed by atoms with Crippen molar-refractivity contribution in [2.75, 3.05) is 18.6 Å². The van der Waals surface area contributed by atoms with Crippen molar-refractivity contribution in [1.29, 1.82) is 0 Å². The number of amides is 2. The molecule has 1 aliphatic heterocycles. The standard InChI is InChI=1S/C22H17NO5S/c1-3-28-22(26)18-17(13-7-6-8-14(11-13)27-2)12-29-21(18)23-19(24)15-9-4-5-10-16(15)20(23)25/h4-12H,3H2,1-2H3. The molecule has 29 heavy (non-hydrogen) atoms. The molecule has 0 saturated heterocycles. The molecule has 1 aliphatic rings. The average molecular weight is 407 g/mol. The molecule has 0 radical (unpaired) electrons. The lowest BCUT2D eigenvalue weighted by atomic mass is 10.0. The summed E-state index contributed by atoms with van der Waals surface area (Å²) >= 11 is 1.16. The second-order valence-electron chi connectivity index (χ2n) is 6.27. The molecule has 0 fully saturated rings. The summed E-state index contributed by atoms with van der Waals surface area (Å²) in [4.78, 5) is 39.7. The zero-order valence-corrected chi connectivity index (χ0v) is 16.6. The van der Waals surface area contributed by atoms with Gasteiger partial charge in [0.1, 0.15) is 16.3 Å². The predicted octanol–water partition coefficient (Wildman–Crippen LogP) is 4.40. The molecular formula is C22H17NO5S. The van der Waals surface area contributed by atoms with Crippen LogP contribution < -0.4 is 9.64 Å². The van der Waals surface area contributed by atoms with Crippen LogP contribution in [-0.2, 0) is 4.74 Å². The number of anilines is 1. The Morgan fingerprint density at radius 1 is 1.00 bits per heavy atom. The lowest BCUT2D eigenvalue weighted by Gasteiger charge is -2.15. The van der Waals surface area contributed by atoms with Crippen LogP contribution in [0, 0.1) is 0 Å². The molecule has 0 aliphatic carbocycles. The Morgan fingerprint density at radius 3 is 2.31 bits per heavy atom. The van der Waals surface area contributed by atoms with Crippen LogP contribution in [0.1, 0.15) is 38.0 Å². The highest BCUT2D eigenvalue weighted by molar-refractivity contribution is 7.15. The van der Waals surface area contributed by atoms with Crippen molar-refractivity contribution in [1.82, 2.24) is 0 Å². The van der Waals surface area contributed by atoms with Crippen LogP contribution in [0.15, 0.2) is 53.9 Å². The van der Waals surface area contributed by atoms with Gasteiger partial charge in [-0.2, -0.15) is 0 Å². The monoisotopic (exact) mass is 407 g/mol. The van der Waals surface area contributed by atoms with E-state index in [0.29, 0.717) is 22.4 Å². The van der Waals surface area contributed by atoms with E-state index < -0.39 is 17.8 Å². The van der Waals surface area contributed by atoms with Crippen molar-refractivity contribution in [2.45, 2.75) is 6.92 Å². The topological polar surface area (TPSA) is 72.9 Å². The SMILES string of the molecule is CCOC(=O)c1c(-c2cccc(OC)c2)csc1N1C(=O)c2ccccc2C1=O. The minimum atomic E-state index is -0.585. The summed E-state index contributed by atoms with van der Waals surface area (Å²) in [5.74, 6) is -0.853. The Bertz CT molecular complexity index is 1100. The molecule has 0 bridgehead atoms. The summed E-state index contributed by atoms with van der Waals surface area (Å²) in [7, 11) is 1.56. The van der Waals surface area contributed by atoms with Gasteiger partial charge in [0.2, 0.25) is 0 Å². The van der Waals surface area contributed by atoms with Crippen molar-refractivity contribution >= 4 is 34.1 Å². The molecule has 0 atom stereocenters. The van der Waals surface area contributed by atoms with E-state index in [1.54, 1.807) is 55.8 Å². The van der Waals surface area contributed by atoms with E-state index in [9.17, 15) is 14.4 Å². The Kier molecular flexibility index (Phi) is 4.90. The van der Waals surface area contributed by atoms with Gasteiger partial charge in [-0.25, -0.2) is 9.69 Å². The maximum atomic E-state index is 12.9. The van der Waals surface area contributed by atoms with Gasteiger partial charge in [0, 0.05) is 10.9 Å². The van der Waals surface area contributed by atoms with E-state index >= 15 is 0 Å². The first-order chi connectivity index (χ1) is 14.1. The summed E-state index contributed by atoms with van der Waals surface area (Å²) in [5.41, 5.74) is 2.15. The Labute approximate surface area is 171 Å². The molecule has 0 unspecified atom stereocenters. The van der Waals surface area contributed by atoms with Crippen LogP contribution in [0.25, 0.3) is 11.1 Å². The summed E-state index contributed by atoms with van der Waals surface area (Å²) in [5, 5.41) is 2.01. The number of thiophene rings is 1. The second kappa shape index (κ2) is 7.52. The van der Waals surface area contributed by atoms with Crippen molar-refractivity contribution in [3.63, 3.8) is 0 Å². The largest absolute Gasteiger partial charge is 0.497 e. The molecular weight excluding hydrogens is 390 g/mol. The number of carbonyl (C=O) groups excluding carboxylic acids is 3. The fraction of sp³-hybridized carbons (Fsp3) is 0.136. The van der Waals surface area contributed by atoms with Crippen LogP contribution in [0.2, 0.25) is 0 Å². The first-order valence-electron chi connectivity index (χ1n) is 8.97. The van der Waals surface area contributed by atoms with Crippen molar-refractivity contribution < 1.29 is 23.9 Å². The highest BCUT2D eigenvalue weighted by atomic mass is 32.1. The first kappa shape index (κ1) is 18.9. The van der Waals surface area contributed by atoms with E-state index in [0.717, 1.165) is 21.8 Å². The van der Waals surface area contributed by atoms with Crippen molar-refractivity contribution in [3.8, 4) is 16.9 Å². The van der Waals surface area contributed by atoms with Gasteiger partial charge in [-0.3, -0.25) is 9.59 Å². The van der Waals surface area contributed by atoms with Gasteiger partial charge >= 0.3 is 5.97 Å². The van der Waals surface area contributed by atoms with Gasteiger partial charge in [0.05, 0.1) is 24.8 Å². The molecule has 6 nitrogen and oxygen atoms in total. The van der Waals surface area contributed by atoms with Crippen LogP contribution in [0.4, 0.5) is 5.00 Å². The normalized spacial score (nSPS) is 12.8. The number of imide groups is 1. The lowest BCUT2D eigenvalue weighted by molar-refractivity contribution is 0.0529. The number of carbonyl (C=O) groups is 3. The minimum absolute atomic E-state index is 0.174. The molecule has 7 heteroatoms. The van der Waals surface area contributed by atoms with Gasteiger partial charge in [-0.05, 0) is 36.8 Å². The highest BCUT2D eigenvalue weighted by Crippen LogP contribution is 2.42. The maximum absolute atomic E-state index is 12.9. The molecule has 4 rings (SSSR count). The fourth-order valence-corrected chi connectivity index (χ4v) is 4.36. The third-order valence-electron chi connectivity index (χ3n) is 4.63.